The van der Waals surface area contributed by atoms with E-state index in [4.69, 9.17) is 9.47 Å². The number of nitrogens with one attached hydrogen (secondary N) is 1. The van der Waals surface area contributed by atoms with Crippen molar-refractivity contribution < 1.29 is 14.3 Å². The molecule has 112 valence electrons. The number of carbonyl (C=O) groups is 1. The van der Waals surface area contributed by atoms with Crippen molar-refractivity contribution in [3.63, 3.8) is 0 Å². The molecule has 0 spiro atoms. The predicted octanol–water partition coefficient (Wildman–Crippen LogP) is 3.85. The van der Waals surface area contributed by atoms with Crippen molar-refractivity contribution in [2.24, 2.45) is 0 Å². The monoisotopic (exact) mass is 369 g/mol. The number of thiophene rings is 1. The van der Waals surface area contributed by atoms with Gasteiger partial charge in [0.2, 0.25) is 0 Å². The van der Waals surface area contributed by atoms with Gasteiger partial charge in [-0.15, -0.1) is 11.3 Å². The van der Waals surface area contributed by atoms with Crippen LogP contribution in [0.3, 0.4) is 0 Å². The SMILES string of the molecule is CCOc1cc(C(=O)NCc2ccc(Br)s2)ccc1OC. The Morgan fingerprint density at radius 3 is 2.71 bits per heavy atom. The van der Waals surface area contributed by atoms with Crippen LogP contribution >= 0.6 is 27.3 Å². The molecular weight excluding hydrogens is 354 g/mol. The summed E-state index contributed by atoms with van der Waals surface area (Å²) in [6, 6.07) is 9.10. The number of ether oxygens (including phenoxy) is 2. The number of halogens is 1. The first-order chi connectivity index (χ1) is 10.1. The molecule has 1 aromatic carbocycles. The number of benzene rings is 1. The highest BCUT2D eigenvalue weighted by atomic mass is 79.9. The van der Waals surface area contributed by atoms with Crippen LogP contribution in [-0.4, -0.2) is 19.6 Å². The van der Waals surface area contributed by atoms with Gasteiger partial charge in [-0.1, -0.05) is 0 Å². The highest BCUT2D eigenvalue weighted by molar-refractivity contribution is 9.11. The Labute approximate surface area is 136 Å². The van der Waals surface area contributed by atoms with E-state index in [1.54, 1.807) is 36.6 Å². The molecule has 1 aromatic heterocycles. The standard InChI is InChI=1S/C15H16BrNO3S/c1-3-20-13-8-10(4-6-12(13)19-2)15(18)17-9-11-5-7-14(16)21-11/h4-8H,3,9H2,1-2H3,(H,17,18). The first-order valence-corrected chi connectivity index (χ1v) is 8.08. The molecule has 6 heteroatoms. The molecule has 4 nitrogen and oxygen atoms in total. The van der Waals surface area contributed by atoms with E-state index in [0.717, 1.165) is 8.66 Å². The molecule has 21 heavy (non-hydrogen) atoms. The second-order valence-electron chi connectivity index (χ2n) is 4.19. The van der Waals surface area contributed by atoms with Crippen molar-refractivity contribution >= 4 is 33.2 Å². The molecule has 0 atom stereocenters. The van der Waals surface area contributed by atoms with Crippen molar-refractivity contribution in [3.8, 4) is 11.5 Å². The lowest BCUT2D eigenvalue weighted by atomic mass is 10.2. The van der Waals surface area contributed by atoms with E-state index in [1.165, 1.54) is 0 Å². The lowest BCUT2D eigenvalue weighted by Crippen LogP contribution is -2.22. The third-order valence-electron chi connectivity index (χ3n) is 2.78. The van der Waals surface area contributed by atoms with Crippen molar-refractivity contribution in [2.75, 3.05) is 13.7 Å². The first kappa shape index (κ1) is 15.9. The van der Waals surface area contributed by atoms with Gasteiger partial charge in [-0.3, -0.25) is 4.79 Å². The zero-order valence-corrected chi connectivity index (χ0v) is 14.2. The van der Waals surface area contributed by atoms with E-state index in [2.05, 4.69) is 21.2 Å². The quantitative estimate of drug-likeness (QED) is 0.840. The Morgan fingerprint density at radius 2 is 2.10 bits per heavy atom. The zero-order valence-electron chi connectivity index (χ0n) is 11.8. The van der Waals surface area contributed by atoms with Gasteiger partial charge in [0, 0.05) is 10.4 Å². The van der Waals surface area contributed by atoms with Crippen LogP contribution in [0.15, 0.2) is 34.1 Å². The van der Waals surface area contributed by atoms with Crippen LogP contribution in [0.1, 0.15) is 22.2 Å². The summed E-state index contributed by atoms with van der Waals surface area (Å²) in [5.74, 6) is 1.06. The third-order valence-corrected chi connectivity index (χ3v) is 4.40. The predicted molar refractivity (Wildman–Crippen MR) is 87.4 cm³/mol. The number of carbonyl (C=O) groups excluding carboxylic acids is 1. The molecule has 0 radical (unpaired) electrons. The average molecular weight is 370 g/mol. The Hall–Kier alpha value is -1.53. The van der Waals surface area contributed by atoms with Gasteiger partial charge < -0.3 is 14.8 Å². The fraction of sp³-hybridized carbons (Fsp3) is 0.267. The normalized spacial score (nSPS) is 10.2. The maximum Gasteiger partial charge on any atom is 0.251 e. The maximum atomic E-state index is 12.2. The average Bonchev–Trinajstić information content (AvgIpc) is 2.90. The molecular formula is C15H16BrNO3S. The van der Waals surface area contributed by atoms with Gasteiger partial charge >= 0.3 is 0 Å². The third kappa shape index (κ3) is 4.22. The molecule has 0 fully saturated rings. The first-order valence-electron chi connectivity index (χ1n) is 6.47. The molecule has 2 rings (SSSR count). The summed E-state index contributed by atoms with van der Waals surface area (Å²) >= 11 is 5.00. The lowest BCUT2D eigenvalue weighted by molar-refractivity contribution is 0.0951. The molecule has 0 aliphatic carbocycles. The molecule has 0 bridgehead atoms. The van der Waals surface area contributed by atoms with Gasteiger partial charge in [-0.05, 0) is 53.2 Å². The van der Waals surface area contributed by atoms with Crippen LogP contribution in [0.2, 0.25) is 0 Å². The van der Waals surface area contributed by atoms with E-state index in [-0.39, 0.29) is 5.91 Å². The van der Waals surface area contributed by atoms with Crippen LogP contribution in [0.4, 0.5) is 0 Å². The van der Waals surface area contributed by atoms with E-state index < -0.39 is 0 Å². The van der Waals surface area contributed by atoms with Crippen molar-refractivity contribution in [1.29, 1.82) is 0 Å². The lowest BCUT2D eigenvalue weighted by Gasteiger charge is -2.11. The van der Waals surface area contributed by atoms with Gasteiger partial charge in [-0.25, -0.2) is 0 Å². The minimum Gasteiger partial charge on any atom is -0.493 e. The highest BCUT2D eigenvalue weighted by Crippen LogP contribution is 2.28. The summed E-state index contributed by atoms with van der Waals surface area (Å²) in [6.07, 6.45) is 0. The van der Waals surface area contributed by atoms with Gasteiger partial charge in [0.15, 0.2) is 11.5 Å². The van der Waals surface area contributed by atoms with Crippen LogP contribution in [-0.2, 0) is 6.54 Å². The summed E-state index contributed by atoms with van der Waals surface area (Å²) in [5, 5.41) is 2.89. The molecule has 2 aromatic rings. The van der Waals surface area contributed by atoms with Crippen LogP contribution in [0.25, 0.3) is 0 Å². The Kier molecular flexibility index (Phi) is 5.64. The minimum atomic E-state index is -0.136. The molecule has 0 unspecified atom stereocenters. The summed E-state index contributed by atoms with van der Waals surface area (Å²) in [7, 11) is 1.58. The van der Waals surface area contributed by atoms with Crippen LogP contribution in [0, 0.1) is 0 Å². The number of hydrogen-bond acceptors (Lipinski definition) is 4. The van der Waals surface area contributed by atoms with Crippen LogP contribution in [0.5, 0.6) is 11.5 Å². The molecule has 0 aliphatic rings. The van der Waals surface area contributed by atoms with Gasteiger partial charge in [0.05, 0.1) is 24.0 Å². The fourth-order valence-corrected chi connectivity index (χ4v) is 3.23. The molecule has 0 aliphatic heterocycles. The largest absolute Gasteiger partial charge is 0.493 e. The number of amides is 1. The zero-order chi connectivity index (χ0) is 15.2. The second kappa shape index (κ2) is 7.47. The van der Waals surface area contributed by atoms with E-state index in [1.807, 2.05) is 19.1 Å². The minimum absolute atomic E-state index is 0.136. The molecule has 1 N–H and O–H groups in total. The van der Waals surface area contributed by atoms with Crippen molar-refractivity contribution in [3.05, 3.63) is 44.6 Å². The number of rotatable bonds is 6. The number of hydrogen-bond donors (Lipinski definition) is 1. The van der Waals surface area contributed by atoms with E-state index >= 15 is 0 Å². The van der Waals surface area contributed by atoms with Gasteiger partial charge in [-0.2, -0.15) is 0 Å². The van der Waals surface area contributed by atoms with E-state index in [0.29, 0.717) is 30.2 Å². The number of methoxy groups -OCH3 is 1. The molecule has 0 saturated heterocycles. The smallest absolute Gasteiger partial charge is 0.251 e. The Bertz CT molecular complexity index is 627. The molecule has 0 saturated carbocycles. The molecule has 1 heterocycles. The van der Waals surface area contributed by atoms with E-state index in [9.17, 15) is 4.79 Å². The Morgan fingerprint density at radius 1 is 1.29 bits per heavy atom. The fourth-order valence-electron chi connectivity index (χ4n) is 1.80. The Balaban J connectivity index is 2.06. The summed E-state index contributed by atoms with van der Waals surface area (Å²) in [5.41, 5.74) is 0.551. The van der Waals surface area contributed by atoms with Gasteiger partial charge in [0.1, 0.15) is 0 Å². The van der Waals surface area contributed by atoms with Crippen LogP contribution < -0.4 is 14.8 Å². The summed E-state index contributed by atoms with van der Waals surface area (Å²) < 4.78 is 11.7. The van der Waals surface area contributed by atoms with Gasteiger partial charge in [0.25, 0.3) is 5.91 Å². The van der Waals surface area contributed by atoms with Crippen molar-refractivity contribution in [2.45, 2.75) is 13.5 Å². The second-order valence-corrected chi connectivity index (χ2v) is 6.73. The highest BCUT2D eigenvalue weighted by Gasteiger charge is 2.11. The molecule has 1 amide bonds. The summed E-state index contributed by atoms with van der Waals surface area (Å²) in [4.78, 5) is 13.3. The maximum absolute atomic E-state index is 12.2. The topological polar surface area (TPSA) is 47.6 Å². The summed E-state index contributed by atoms with van der Waals surface area (Å²) in [6.45, 7) is 2.91. The van der Waals surface area contributed by atoms with Crippen molar-refractivity contribution in [1.82, 2.24) is 5.32 Å².